The summed E-state index contributed by atoms with van der Waals surface area (Å²) >= 11 is 0. The van der Waals surface area contributed by atoms with Crippen molar-refractivity contribution in [3.63, 3.8) is 0 Å². The molecule has 16 heavy (non-hydrogen) atoms. The monoisotopic (exact) mass is 216 g/mol. The van der Waals surface area contributed by atoms with E-state index < -0.39 is 0 Å². The molecule has 0 radical (unpaired) electrons. The number of nitrogens with zero attached hydrogens (tertiary/aromatic N) is 4. The molecule has 0 aromatic carbocycles. The summed E-state index contributed by atoms with van der Waals surface area (Å²) in [4.78, 5) is 20.8. The highest BCUT2D eigenvalue weighted by atomic mass is 16.1. The quantitative estimate of drug-likeness (QED) is 0.683. The average molecular weight is 216 g/mol. The summed E-state index contributed by atoms with van der Waals surface area (Å²) in [6.07, 6.45) is 5.76. The maximum absolute atomic E-state index is 10.6. The summed E-state index contributed by atoms with van der Waals surface area (Å²) in [5, 5.41) is 8.91. The Morgan fingerprint density at radius 3 is 2.69 bits per heavy atom. The predicted molar refractivity (Wildman–Crippen MR) is 57.7 cm³/mol. The number of aromatic nitrogens is 2. The lowest BCUT2D eigenvalue weighted by Gasteiger charge is -2.30. The van der Waals surface area contributed by atoms with Crippen LogP contribution in [0, 0.1) is 17.2 Å². The molecule has 2 rings (SSSR count). The molecule has 5 nitrogen and oxygen atoms in total. The predicted octanol–water partition coefficient (Wildman–Crippen LogP) is 0.764. The molecule has 1 fully saturated rings. The van der Waals surface area contributed by atoms with E-state index in [2.05, 4.69) is 9.97 Å². The zero-order chi connectivity index (χ0) is 11.4. The topological polar surface area (TPSA) is 69.9 Å². The summed E-state index contributed by atoms with van der Waals surface area (Å²) in [7, 11) is 0. The van der Waals surface area contributed by atoms with Gasteiger partial charge in [-0.1, -0.05) is 0 Å². The lowest BCUT2D eigenvalue weighted by atomic mass is 9.98. The first-order valence-corrected chi connectivity index (χ1v) is 5.26. The SMILES string of the molecule is N#Cc1nccnc1N1CCC(C=O)CC1. The van der Waals surface area contributed by atoms with Gasteiger partial charge < -0.3 is 9.69 Å². The normalized spacial score (nSPS) is 16.8. The lowest BCUT2D eigenvalue weighted by Crippen LogP contribution is -2.35. The van der Waals surface area contributed by atoms with E-state index in [1.807, 2.05) is 11.0 Å². The van der Waals surface area contributed by atoms with Crippen LogP contribution in [-0.2, 0) is 4.79 Å². The fourth-order valence-corrected chi connectivity index (χ4v) is 1.89. The lowest BCUT2D eigenvalue weighted by molar-refractivity contribution is -0.111. The van der Waals surface area contributed by atoms with E-state index in [4.69, 9.17) is 5.26 Å². The summed E-state index contributed by atoms with van der Waals surface area (Å²) < 4.78 is 0. The Labute approximate surface area is 93.7 Å². The van der Waals surface area contributed by atoms with Gasteiger partial charge in [0.1, 0.15) is 12.4 Å². The van der Waals surface area contributed by atoms with E-state index in [0.29, 0.717) is 11.5 Å². The van der Waals surface area contributed by atoms with Crippen LogP contribution in [0.15, 0.2) is 12.4 Å². The van der Waals surface area contributed by atoms with Crippen molar-refractivity contribution in [3.8, 4) is 6.07 Å². The zero-order valence-corrected chi connectivity index (χ0v) is 8.83. The molecule has 1 aliphatic heterocycles. The number of hydrogen-bond donors (Lipinski definition) is 0. The van der Waals surface area contributed by atoms with E-state index in [9.17, 15) is 4.79 Å². The zero-order valence-electron chi connectivity index (χ0n) is 8.83. The molecule has 0 N–H and O–H groups in total. The number of piperidine rings is 1. The first-order chi connectivity index (χ1) is 7.85. The molecule has 1 saturated heterocycles. The summed E-state index contributed by atoms with van der Waals surface area (Å²) in [5.74, 6) is 0.785. The van der Waals surface area contributed by atoms with Crippen LogP contribution in [0.5, 0.6) is 0 Å². The summed E-state index contributed by atoms with van der Waals surface area (Å²) in [6.45, 7) is 1.52. The van der Waals surface area contributed by atoms with Gasteiger partial charge in [0.25, 0.3) is 0 Å². The van der Waals surface area contributed by atoms with Crippen molar-refractivity contribution in [1.82, 2.24) is 9.97 Å². The van der Waals surface area contributed by atoms with Gasteiger partial charge in [-0.2, -0.15) is 5.26 Å². The van der Waals surface area contributed by atoms with Gasteiger partial charge >= 0.3 is 0 Å². The smallest absolute Gasteiger partial charge is 0.183 e. The van der Waals surface area contributed by atoms with Crippen LogP contribution < -0.4 is 4.90 Å². The molecule has 2 heterocycles. The van der Waals surface area contributed by atoms with Crippen LogP contribution in [0.4, 0.5) is 5.82 Å². The van der Waals surface area contributed by atoms with Crippen LogP contribution in [0.3, 0.4) is 0 Å². The van der Waals surface area contributed by atoms with Crippen molar-refractivity contribution in [3.05, 3.63) is 18.1 Å². The van der Waals surface area contributed by atoms with Crippen LogP contribution in [0.25, 0.3) is 0 Å². The molecule has 0 saturated carbocycles. The highest BCUT2D eigenvalue weighted by Gasteiger charge is 2.21. The molecule has 0 unspecified atom stereocenters. The van der Waals surface area contributed by atoms with Gasteiger partial charge in [0, 0.05) is 31.4 Å². The molecule has 0 bridgehead atoms. The van der Waals surface area contributed by atoms with Gasteiger partial charge in [-0.3, -0.25) is 0 Å². The van der Waals surface area contributed by atoms with E-state index >= 15 is 0 Å². The van der Waals surface area contributed by atoms with Crippen molar-refractivity contribution < 1.29 is 4.79 Å². The van der Waals surface area contributed by atoms with Gasteiger partial charge in [-0.25, -0.2) is 9.97 Å². The third-order valence-corrected chi connectivity index (χ3v) is 2.82. The second-order valence-corrected chi connectivity index (χ2v) is 3.80. The molecule has 5 heteroatoms. The molecule has 0 atom stereocenters. The first kappa shape index (κ1) is 10.6. The van der Waals surface area contributed by atoms with E-state index in [1.54, 1.807) is 6.20 Å². The Balaban J connectivity index is 2.14. The second-order valence-electron chi connectivity index (χ2n) is 3.80. The molecule has 0 aliphatic carbocycles. The molecule has 82 valence electrons. The standard InChI is InChI=1S/C11H12N4O/c12-7-10-11(14-4-3-13-10)15-5-1-9(8-16)2-6-15/h3-4,8-9H,1-2,5-6H2. The van der Waals surface area contributed by atoms with Crippen molar-refractivity contribution in [2.24, 2.45) is 5.92 Å². The number of carbonyl (C=O) groups is 1. The van der Waals surface area contributed by atoms with Crippen molar-refractivity contribution >= 4 is 12.1 Å². The fraction of sp³-hybridized carbons (Fsp3) is 0.455. The second kappa shape index (κ2) is 4.71. The molecular formula is C11H12N4O. The highest BCUT2D eigenvalue weighted by molar-refractivity contribution is 5.55. The molecule has 0 spiro atoms. The number of anilines is 1. The Morgan fingerprint density at radius 2 is 2.06 bits per heavy atom. The van der Waals surface area contributed by atoms with Gasteiger partial charge in [0.15, 0.2) is 11.5 Å². The minimum atomic E-state index is 0.151. The maximum Gasteiger partial charge on any atom is 0.183 e. The maximum atomic E-state index is 10.6. The van der Waals surface area contributed by atoms with Crippen LogP contribution in [0.1, 0.15) is 18.5 Å². The largest absolute Gasteiger partial charge is 0.354 e. The minimum Gasteiger partial charge on any atom is -0.354 e. The Bertz CT molecular complexity index is 418. The number of carbonyl (C=O) groups excluding carboxylic acids is 1. The summed E-state index contributed by atoms with van der Waals surface area (Å²) in [6, 6.07) is 2.03. The Kier molecular flexibility index (Phi) is 3.10. The van der Waals surface area contributed by atoms with Crippen molar-refractivity contribution in [2.45, 2.75) is 12.8 Å². The number of aldehydes is 1. The van der Waals surface area contributed by atoms with Crippen LogP contribution in [-0.4, -0.2) is 29.3 Å². The Hall–Kier alpha value is -1.96. The third-order valence-electron chi connectivity index (χ3n) is 2.82. The van der Waals surface area contributed by atoms with Gasteiger partial charge in [-0.15, -0.1) is 0 Å². The number of hydrogen-bond acceptors (Lipinski definition) is 5. The highest BCUT2D eigenvalue weighted by Crippen LogP contribution is 2.21. The number of nitriles is 1. The fourth-order valence-electron chi connectivity index (χ4n) is 1.89. The van der Waals surface area contributed by atoms with E-state index in [-0.39, 0.29) is 5.92 Å². The molecule has 1 aliphatic rings. The van der Waals surface area contributed by atoms with Crippen molar-refractivity contribution in [1.29, 1.82) is 5.26 Å². The van der Waals surface area contributed by atoms with Gasteiger partial charge in [-0.05, 0) is 12.8 Å². The molecule has 1 aromatic heterocycles. The van der Waals surface area contributed by atoms with Gasteiger partial charge in [0.05, 0.1) is 0 Å². The minimum absolute atomic E-state index is 0.151. The molecule has 0 amide bonds. The average Bonchev–Trinajstić information content (AvgIpc) is 2.39. The van der Waals surface area contributed by atoms with Crippen LogP contribution >= 0.6 is 0 Å². The van der Waals surface area contributed by atoms with Crippen molar-refractivity contribution in [2.75, 3.05) is 18.0 Å². The molecular weight excluding hydrogens is 204 g/mol. The Morgan fingerprint density at radius 1 is 1.38 bits per heavy atom. The van der Waals surface area contributed by atoms with Crippen LogP contribution in [0.2, 0.25) is 0 Å². The van der Waals surface area contributed by atoms with E-state index in [1.165, 1.54) is 6.20 Å². The first-order valence-electron chi connectivity index (χ1n) is 5.26. The van der Waals surface area contributed by atoms with E-state index in [0.717, 1.165) is 32.2 Å². The summed E-state index contributed by atoms with van der Waals surface area (Å²) in [5.41, 5.74) is 0.354. The van der Waals surface area contributed by atoms with Gasteiger partial charge in [0.2, 0.25) is 0 Å². The number of rotatable bonds is 2. The third kappa shape index (κ3) is 2.01. The molecule has 1 aromatic rings.